The maximum Gasteiger partial charge on any atom is 0.411 e. The number of benzene rings is 1. The number of ether oxygens (including phenoxy) is 1. The van der Waals surface area contributed by atoms with Crippen LogP contribution in [0.2, 0.25) is 5.02 Å². The summed E-state index contributed by atoms with van der Waals surface area (Å²) in [6.45, 7) is 5.58. The number of halogens is 1. The van der Waals surface area contributed by atoms with E-state index < -0.39 is 23.7 Å². The number of amides is 1. The van der Waals surface area contributed by atoms with Crippen LogP contribution in [0.4, 0.5) is 4.79 Å². The first-order valence-corrected chi connectivity index (χ1v) is 7.53. The van der Waals surface area contributed by atoms with Crippen molar-refractivity contribution in [3.05, 3.63) is 34.9 Å². The molecular formula is C16H20ClNO4. The molecule has 0 saturated carbocycles. The Bertz CT molecular complexity index is 582. The first kappa shape index (κ1) is 16.6. The van der Waals surface area contributed by atoms with Crippen LogP contribution < -0.4 is 0 Å². The van der Waals surface area contributed by atoms with E-state index in [1.807, 2.05) is 18.2 Å². The molecule has 120 valence electrons. The Morgan fingerprint density at radius 2 is 2.05 bits per heavy atom. The predicted molar refractivity (Wildman–Crippen MR) is 83.2 cm³/mol. The number of carbonyl (C=O) groups excluding carboxylic acids is 1. The third kappa shape index (κ3) is 3.91. The molecule has 1 heterocycles. The number of carbonyl (C=O) groups is 2. The van der Waals surface area contributed by atoms with Crippen LogP contribution in [0, 0.1) is 0 Å². The number of aliphatic carboxylic acids is 1. The lowest BCUT2D eigenvalue weighted by molar-refractivity contribution is -0.142. The van der Waals surface area contributed by atoms with Gasteiger partial charge in [0.2, 0.25) is 0 Å². The van der Waals surface area contributed by atoms with E-state index in [9.17, 15) is 14.7 Å². The van der Waals surface area contributed by atoms with E-state index in [2.05, 4.69) is 0 Å². The zero-order valence-electron chi connectivity index (χ0n) is 12.9. The molecular weight excluding hydrogens is 306 g/mol. The highest BCUT2D eigenvalue weighted by Crippen LogP contribution is 2.33. The van der Waals surface area contributed by atoms with Crippen LogP contribution >= 0.6 is 11.6 Å². The Kier molecular flexibility index (Phi) is 4.66. The number of carboxylic acid groups (broad SMARTS) is 1. The minimum absolute atomic E-state index is 0.0627. The van der Waals surface area contributed by atoms with Gasteiger partial charge < -0.3 is 9.84 Å². The Hall–Kier alpha value is -1.75. The standard InChI is InChI=1S/C16H20ClNO4/c1-16(2,3)22-15(21)18-9-11(8-13(18)14(19)20)10-5-4-6-12(17)7-10/h4-7,11,13H,8-9H2,1-3H3,(H,19,20)/t11-,13-/m1/s1. The molecule has 1 fully saturated rings. The van der Waals surface area contributed by atoms with E-state index in [1.165, 1.54) is 4.90 Å². The average Bonchev–Trinajstić information content (AvgIpc) is 2.82. The van der Waals surface area contributed by atoms with E-state index in [-0.39, 0.29) is 5.92 Å². The third-order valence-corrected chi connectivity index (χ3v) is 3.77. The molecule has 1 saturated heterocycles. The Labute approximate surface area is 134 Å². The highest BCUT2D eigenvalue weighted by Gasteiger charge is 2.42. The molecule has 1 amide bonds. The van der Waals surface area contributed by atoms with Crippen molar-refractivity contribution in [3.63, 3.8) is 0 Å². The van der Waals surface area contributed by atoms with Crippen molar-refractivity contribution in [2.75, 3.05) is 6.54 Å². The summed E-state index contributed by atoms with van der Waals surface area (Å²) in [5.41, 5.74) is 0.277. The second-order valence-electron chi connectivity index (χ2n) is 6.47. The van der Waals surface area contributed by atoms with Crippen LogP contribution in [0.3, 0.4) is 0 Å². The smallest absolute Gasteiger partial charge is 0.411 e. The Balaban J connectivity index is 2.19. The van der Waals surface area contributed by atoms with Crippen LogP contribution in [0.25, 0.3) is 0 Å². The lowest BCUT2D eigenvalue weighted by Crippen LogP contribution is -2.43. The zero-order chi connectivity index (χ0) is 16.5. The fourth-order valence-electron chi connectivity index (χ4n) is 2.59. The summed E-state index contributed by atoms with van der Waals surface area (Å²) in [7, 11) is 0. The van der Waals surface area contributed by atoms with Gasteiger partial charge in [0, 0.05) is 17.5 Å². The maximum absolute atomic E-state index is 12.2. The molecule has 1 N–H and O–H groups in total. The molecule has 5 nitrogen and oxygen atoms in total. The van der Waals surface area contributed by atoms with Crippen molar-refractivity contribution in [1.82, 2.24) is 4.90 Å². The molecule has 0 bridgehead atoms. The van der Waals surface area contributed by atoms with Crippen molar-refractivity contribution in [2.24, 2.45) is 0 Å². The molecule has 1 aromatic rings. The van der Waals surface area contributed by atoms with E-state index in [1.54, 1.807) is 26.8 Å². The van der Waals surface area contributed by atoms with Gasteiger partial charge in [-0.3, -0.25) is 4.90 Å². The highest BCUT2D eigenvalue weighted by molar-refractivity contribution is 6.30. The highest BCUT2D eigenvalue weighted by atomic mass is 35.5. The monoisotopic (exact) mass is 325 g/mol. The summed E-state index contributed by atoms with van der Waals surface area (Å²) in [5.74, 6) is -1.08. The van der Waals surface area contributed by atoms with Crippen LogP contribution in [0.5, 0.6) is 0 Å². The summed E-state index contributed by atoms with van der Waals surface area (Å²) in [6.07, 6.45) is -0.237. The van der Waals surface area contributed by atoms with Crippen molar-refractivity contribution < 1.29 is 19.4 Å². The number of carboxylic acids is 1. The molecule has 0 radical (unpaired) electrons. The lowest BCUT2D eigenvalue weighted by Gasteiger charge is -2.26. The van der Waals surface area contributed by atoms with Gasteiger partial charge in [-0.05, 0) is 44.9 Å². The maximum atomic E-state index is 12.2. The minimum atomic E-state index is -1.02. The van der Waals surface area contributed by atoms with Gasteiger partial charge >= 0.3 is 12.1 Å². The normalized spacial score (nSPS) is 21.7. The van der Waals surface area contributed by atoms with E-state index in [4.69, 9.17) is 16.3 Å². The molecule has 6 heteroatoms. The number of rotatable bonds is 2. The molecule has 0 aromatic heterocycles. The van der Waals surface area contributed by atoms with Gasteiger partial charge in [-0.1, -0.05) is 23.7 Å². The molecule has 0 aliphatic carbocycles. The van der Waals surface area contributed by atoms with Crippen molar-refractivity contribution in [3.8, 4) is 0 Å². The number of hydrogen-bond acceptors (Lipinski definition) is 3. The van der Waals surface area contributed by atoms with E-state index >= 15 is 0 Å². The van der Waals surface area contributed by atoms with Crippen molar-refractivity contribution >= 4 is 23.7 Å². The summed E-state index contributed by atoms with van der Waals surface area (Å²) in [6, 6.07) is 6.42. The quantitative estimate of drug-likeness (QED) is 0.903. The fraction of sp³-hybridized carbons (Fsp3) is 0.500. The second kappa shape index (κ2) is 6.16. The molecule has 1 aliphatic heterocycles. The average molecular weight is 326 g/mol. The minimum Gasteiger partial charge on any atom is -0.480 e. The molecule has 1 aromatic carbocycles. The van der Waals surface area contributed by atoms with Crippen molar-refractivity contribution in [2.45, 2.75) is 44.8 Å². The first-order chi connectivity index (χ1) is 10.2. The van der Waals surface area contributed by atoms with E-state index in [0.29, 0.717) is 18.0 Å². The van der Waals surface area contributed by atoms with Gasteiger partial charge in [-0.2, -0.15) is 0 Å². The topological polar surface area (TPSA) is 66.8 Å². The summed E-state index contributed by atoms with van der Waals surface area (Å²) >= 11 is 5.99. The molecule has 2 atom stereocenters. The zero-order valence-corrected chi connectivity index (χ0v) is 13.6. The van der Waals surface area contributed by atoms with Gasteiger partial charge in [0.1, 0.15) is 11.6 Å². The molecule has 0 unspecified atom stereocenters. The fourth-order valence-corrected chi connectivity index (χ4v) is 2.79. The van der Waals surface area contributed by atoms with Crippen LogP contribution in [-0.4, -0.2) is 40.3 Å². The number of likely N-dealkylation sites (tertiary alicyclic amines) is 1. The van der Waals surface area contributed by atoms with Crippen LogP contribution in [-0.2, 0) is 9.53 Å². The Morgan fingerprint density at radius 3 is 2.59 bits per heavy atom. The van der Waals surface area contributed by atoms with Gasteiger partial charge in [0.25, 0.3) is 0 Å². The molecule has 2 rings (SSSR count). The van der Waals surface area contributed by atoms with Gasteiger partial charge in [0.15, 0.2) is 0 Å². The van der Waals surface area contributed by atoms with Gasteiger partial charge in [0.05, 0.1) is 0 Å². The van der Waals surface area contributed by atoms with E-state index in [0.717, 1.165) is 5.56 Å². The summed E-state index contributed by atoms with van der Waals surface area (Å²) in [5, 5.41) is 9.97. The number of nitrogens with zero attached hydrogens (tertiary/aromatic N) is 1. The summed E-state index contributed by atoms with van der Waals surface area (Å²) < 4.78 is 5.31. The largest absolute Gasteiger partial charge is 0.480 e. The van der Waals surface area contributed by atoms with Crippen molar-refractivity contribution in [1.29, 1.82) is 0 Å². The van der Waals surface area contributed by atoms with Gasteiger partial charge in [-0.25, -0.2) is 9.59 Å². The predicted octanol–water partition coefficient (Wildman–Crippen LogP) is 3.52. The molecule has 1 aliphatic rings. The lowest BCUT2D eigenvalue weighted by atomic mass is 9.96. The Morgan fingerprint density at radius 1 is 1.36 bits per heavy atom. The molecule has 0 spiro atoms. The second-order valence-corrected chi connectivity index (χ2v) is 6.91. The molecule has 22 heavy (non-hydrogen) atoms. The SMILES string of the molecule is CC(C)(C)OC(=O)N1C[C@H](c2cccc(Cl)c2)C[C@@H]1C(=O)O. The third-order valence-electron chi connectivity index (χ3n) is 3.53. The summed E-state index contributed by atoms with van der Waals surface area (Å²) in [4.78, 5) is 25.0. The number of hydrogen-bond donors (Lipinski definition) is 1. The first-order valence-electron chi connectivity index (χ1n) is 7.15. The van der Waals surface area contributed by atoms with Gasteiger partial charge in [-0.15, -0.1) is 0 Å². The van der Waals surface area contributed by atoms with Crippen LogP contribution in [0.15, 0.2) is 24.3 Å². The van der Waals surface area contributed by atoms with Crippen LogP contribution in [0.1, 0.15) is 38.7 Å².